The topological polar surface area (TPSA) is 44.2 Å². The van der Waals surface area contributed by atoms with E-state index in [1.165, 1.54) is 37.5 Å². The molecular formula is C19H22ClFN2O2S. The van der Waals surface area contributed by atoms with Gasteiger partial charge in [0.15, 0.2) is 10.9 Å². The summed E-state index contributed by atoms with van der Waals surface area (Å²) in [5, 5.41) is 8.03. The second kappa shape index (κ2) is 10.4. The zero-order valence-electron chi connectivity index (χ0n) is 14.9. The molecule has 0 aliphatic rings. The van der Waals surface area contributed by atoms with Gasteiger partial charge in [-0.3, -0.25) is 0 Å². The summed E-state index contributed by atoms with van der Waals surface area (Å²) in [5.74, 6) is -0.0197. The van der Waals surface area contributed by atoms with Crippen LogP contribution in [-0.2, 0) is 4.74 Å². The molecule has 2 aromatic rings. The molecule has 1 heterocycles. The van der Waals surface area contributed by atoms with E-state index in [9.17, 15) is 4.39 Å². The fourth-order valence-electron chi connectivity index (χ4n) is 2.43. The van der Waals surface area contributed by atoms with Gasteiger partial charge in [0.2, 0.25) is 0 Å². The zero-order chi connectivity index (χ0) is 18.9. The maximum Gasteiger partial charge on any atom is 0.358 e. The highest BCUT2D eigenvalue weighted by Crippen LogP contribution is 2.29. The predicted octanol–water partition coefficient (Wildman–Crippen LogP) is 5.98. The minimum Gasteiger partial charge on any atom is -0.454 e. The number of hydrogen-bond donors (Lipinski definition) is 0. The van der Waals surface area contributed by atoms with Gasteiger partial charge in [0.1, 0.15) is 17.6 Å². The largest absolute Gasteiger partial charge is 0.454 e. The number of nitrogens with zero attached hydrogens (tertiary/aromatic N) is 2. The SMILES string of the molecule is CCCCCCC(C)OC(=S)Oc1cc(Cl)nnc1-c1ccc(F)cc1. The van der Waals surface area contributed by atoms with Crippen LogP contribution in [0.5, 0.6) is 5.75 Å². The molecule has 1 unspecified atom stereocenters. The standard InChI is InChI=1S/C19H22ClFN2O2S/c1-3-4-5-6-7-13(2)24-19(26)25-16-12-17(20)22-23-18(16)14-8-10-15(21)11-9-14/h8-13H,3-7H2,1-2H3. The van der Waals surface area contributed by atoms with Gasteiger partial charge in [0.05, 0.1) is 0 Å². The van der Waals surface area contributed by atoms with Crippen molar-refractivity contribution in [2.24, 2.45) is 0 Å². The Bertz CT molecular complexity index is 728. The molecule has 0 aliphatic carbocycles. The first-order valence-corrected chi connectivity index (χ1v) is 9.46. The summed E-state index contributed by atoms with van der Waals surface area (Å²) in [6.45, 7) is 4.13. The predicted molar refractivity (Wildman–Crippen MR) is 105 cm³/mol. The smallest absolute Gasteiger partial charge is 0.358 e. The number of unbranched alkanes of at least 4 members (excludes halogenated alkanes) is 3. The lowest BCUT2D eigenvalue weighted by atomic mass is 10.1. The van der Waals surface area contributed by atoms with Crippen molar-refractivity contribution in [2.45, 2.75) is 52.1 Å². The first-order chi connectivity index (χ1) is 12.5. The van der Waals surface area contributed by atoms with Crippen LogP contribution < -0.4 is 4.74 Å². The number of hydrogen-bond acceptors (Lipinski definition) is 5. The molecule has 0 radical (unpaired) electrons. The van der Waals surface area contributed by atoms with E-state index in [1.54, 1.807) is 12.1 Å². The fraction of sp³-hybridized carbons (Fsp3) is 0.421. The summed E-state index contributed by atoms with van der Waals surface area (Å²) in [4.78, 5) is 0. The molecule has 0 N–H and O–H groups in total. The van der Waals surface area contributed by atoms with Crippen LogP contribution in [0.25, 0.3) is 11.3 Å². The quantitative estimate of drug-likeness (QED) is 0.406. The van der Waals surface area contributed by atoms with Gasteiger partial charge in [-0.1, -0.05) is 37.8 Å². The van der Waals surface area contributed by atoms with Crippen LogP contribution in [0.4, 0.5) is 4.39 Å². The van der Waals surface area contributed by atoms with Gasteiger partial charge in [0.25, 0.3) is 0 Å². The fourth-order valence-corrected chi connectivity index (χ4v) is 2.82. The van der Waals surface area contributed by atoms with E-state index in [4.69, 9.17) is 33.3 Å². The Kier molecular flexibility index (Phi) is 8.19. The van der Waals surface area contributed by atoms with Crippen molar-refractivity contribution in [1.29, 1.82) is 0 Å². The molecule has 1 aromatic carbocycles. The van der Waals surface area contributed by atoms with E-state index >= 15 is 0 Å². The molecule has 0 aliphatic heterocycles. The maximum atomic E-state index is 13.1. The Balaban J connectivity index is 2.02. The summed E-state index contributed by atoms with van der Waals surface area (Å²) in [7, 11) is 0. The van der Waals surface area contributed by atoms with Crippen LogP contribution in [0.2, 0.25) is 5.15 Å². The van der Waals surface area contributed by atoms with Gasteiger partial charge in [-0.2, -0.15) is 0 Å². The summed E-state index contributed by atoms with van der Waals surface area (Å²) < 4.78 is 24.4. The maximum absolute atomic E-state index is 13.1. The molecule has 0 fully saturated rings. The van der Waals surface area contributed by atoms with Crippen LogP contribution in [0.1, 0.15) is 46.0 Å². The van der Waals surface area contributed by atoms with Gasteiger partial charge in [-0.05, 0) is 44.0 Å². The normalized spacial score (nSPS) is 11.8. The number of aromatic nitrogens is 2. The van der Waals surface area contributed by atoms with Crippen molar-refractivity contribution in [3.8, 4) is 17.0 Å². The second-order valence-corrected chi connectivity index (χ2v) is 6.74. The molecule has 1 aromatic heterocycles. The lowest BCUT2D eigenvalue weighted by Gasteiger charge is -2.16. The molecule has 26 heavy (non-hydrogen) atoms. The molecule has 4 nitrogen and oxygen atoms in total. The molecular weight excluding hydrogens is 375 g/mol. The Morgan fingerprint density at radius 3 is 2.62 bits per heavy atom. The third kappa shape index (κ3) is 6.50. The molecule has 2 rings (SSSR count). The molecule has 0 saturated heterocycles. The highest BCUT2D eigenvalue weighted by Gasteiger charge is 2.15. The van der Waals surface area contributed by atoms with E-state index in [2.05, 4.69) is 17.1 Å². The van der Waals surface area contributed by atoms with Crippen molar-refractivity contribution in [1.82, 2.24) is 10.2 Å². The van der Waals surface area contributed by atoms with Crippen molar-refractivity contribution in [3.05, 3.63) is 41.3 Å². The summed E-state index contributed by atoms with van der Waals surface area (Å²) in [5.41, 5.74) is 1.05. The number of rotatable bonds is 8. The van der Waals surface area contributed by atoms with E-state index in [1.807, 2.05) is 6.92 Å². The first kappa shape index (κ1) is 20.5. The number of benzene rings is 1. The molecule has 0 bridgehead atoms. The van der Waals surface area contributed by atoms with Crippen LogP contribution in [0.3, 0.4) is 0 Å². The summed E-state index contributed by atoms with van der Waals surface area (Å²) >= 11 is 11.1. The van der Waals surface area contributed by atoms with Crippen molar-refractivity contribution in [3.63, 3.8) is 0 Å². The Morgan fingerprint density at radius 2 is 1.92 bits per heavy atom. The Morgan fingerprint density at radius 1 is 1.19 bits per heavy atom. The van der Waals surface area contributed by atoms with E-state index < -0.39 is 0 Å². The van der Waals surface area contributed by atoms with Crippen LogP contribution in [-0.4, -0.2) is 21.5 Å². The Labute approximate surface area is 163 Å². The average Bonchev–Trinajstić information content (AvgIpc) is 2.60. The molecule has 0 saturated carbocycles. The average molecular weight is 397 g/mol. The van der Waals surface area contributed by atoms with Gasteiger partial charge in [-0.15, -0.1) is 10.2 Å². The van der Waals surface area contributed by atoms with Crippen LogP contribution in [0.15, 0.2) is 30.3 Å². The van der Waals surface area contributed by atoms with E-state index in [0.717, 1.165) is 12.8 Å². The number of halogens is 2. The van der Waals surface area contributed by atoms with Crippen LogP contribution in [0, 0.1) is 5.82 Å². The second-order valence-electron chi connectivity index (χ2n) is 6.02. The number of ether oxygens (including phenoxy) is 2. The van der Waals surface area contributed by atoms with E-state index in [0.29, 0.717) is 17.0 Å². The minimum atomic E-state index is -0.339. The molecule has 0 spiro atoms. The van der Waals surface area contributed by atoms with Gasteiger partial charge < -0.3 is 9.47 Å². The van der Waals surface area contributed by atoms with Gasteiger partial charge in [0, 0.05) is 23.8 Å². The van der Waals surface area contributed by atoms with Crippen molar-refractivity contribution in [2.75, 3.05) is 0 Å². The summed E-state index contributed by atoms with van der Waals surface area (Å²) in [6.07, 6.45) is 5.54. The molecule has 140 valence electrons. The summed E-state index contributed by atoms with van der Waals surface area (Å²) in [6, 6.07) is 7.35. The molecule has 7 heteroatoms. The van der Waals surface area contributed by atoms with E-state index in [-0.39, 0.29) is 22.3 Å². The lowest BCUT2D eigenvalue weighted by molar-refractivity contribution is 0.160. The Hall–Kier alpha value is -1.79. The third-order valence-electron chi connectivity index (χ3n) is 3.80. The van der Waals surface area contributed by atoms with Gasteiger partial charge in [-0.25, -0.2) is 4.39 Å². The minimum absolute atomic E-state index is 0.000389. The van der Waals surface area contributed by atoms with Crippen LogP contribution >= 0.6 is 23.8 Å². The monoisotopic (exact) mass is 396 g/mol. The zero-order valence-corrected chi connectivity index (χ0v) is 16.4. The highest BCUT2D eigenvalue weighted by molar-refractivity contribution is 7.79. The third-order valence-corrected chi connectivity index (χ3v) is 4.17. The first-order valence-electron chi connectivity index (χ1n) is 8.67. The number of thiocarbonyl (C=S) groups is 1. The van der Waals surface area contributed by atoms with Gasteiger partial charge >= 0.3 is 5.24 Å². The van der Waals surface area contributed by atoms with Crippen molar-refractivity contribution < 1.29 is 13.9 Å². The molecule has 1 atom stereocenters. The lowest BCUT2D eigenvalue weighted by Crippen LogP contribution is -2.18. The highest BCUT2D eigenvalue weighted by atomic mass is 35.5. The molecule has 0 amide bonds. The van der Waals surface area contributed by atoms with Crippen molar-refractivity contribution >= 4 is 29.1 Å².